The Morgan fingerprint density at radius 3 is 1.70 bits per heavy atom. The van der Waals surface area contributed by atoms with Crippen molar-refractivity contribution < 1.29 is 30.2 Å². The van der Waals surface area contributed by atoms with Gasteiger partial charge in [0.2, 0.25) is 0 Å². The molecule has 50 heavy (non-hydrogen) atoms. The quantitative estimate of drug-likeness (QED) is 0.0766. The highest BCUT2D eigenvalue weighted by Gasteiger charge is 2.22. The van der Waals surface area contributed by atoms with Crippen molar-refractivity contribution in [2.45, 2.75) is 0 Å². The zero-order valence-electron chi connectivity index (χ0n) is 25.5. The van der Waals surface area contributed by atoms with Crippen LogP contribution >= 0.6 is 54.5 Å². The van der Waals surface area contributed by atoms with E-state index in [1.165, 1.54) is 39.3 Å². The zero-order chi connectivity index (χ0) is 35.5. The van der Waals surface area contributed by atoms with E-state index in [0.29, 0.717) is 11.1 Å². The van der Waals surface area contributed by atoms with Crippen molar-refractivity contribution in [1.29, 1.82) is 0 Å². The third-order valence-corrected chi connectivity index (χ3v) is 9.61. The molecule has 0 unspecified atom stereocenters. The maximum Gasteiger partial charge on any atom is 0.495 e. The van der Waals surface area contributed by atoms with Crippen molar-refractivity contribution >= 4 is 122 Å². The van der Waals surface area contributed by atoms with Crippen LogP contribution in [0.15, 0.2) is 139 Å². The summed E-state index contributed by atoms with van der Waals surface area (Å²) in [6.45, 7) is 0. The summed E-state index contributed by atoms with van der Waals surface area (Å²) in [5.41, 5.74) is 4.42. The van der Waals surface area contributed by atoms with Gasteiger partial charge in [0.15, 0.2) is 0 Å². The summed E-state index contributed by atoms with van der Waals surface area (Å²) in [4.78, 5) is 20.5. The first kappa shape index (κ1) is 35.2. The second kappa shape index (κ2) is 15.1. The predicted octanol–water partition coefficient (Wildman–Crippen LogP) is 10.4. The van der Waals surface area contributed by atoms with Crippen LogP contribution in [0, 0.1) is 23.8 Å². The standard InChI is InChI=1S/C18H10BrNO3.C12H6BrIO.C6H6BNO4.H2/c19-15-6-3-5-14-13-9-8-11(10-17(13)23-18(14)15)12-4-1-2-7-16(12)20(21)22;13-10-3-1-2-9-8-5-4-7(14)6-11(8)15-12(9)10;9-7(10)5-3-1-2-4-6(5)8(11)12;/h1-10H;1-6H;1-4,9-10H;1H. The van der Waals surface area contributed by atoms with E-state index in [-0.39, 0.29) is 23.2 Å². The Kier molecular flexibility index (Phi) is 10.6. The summed E-state index contributed by atoms with van der Waals surface area (Å²) < 4.78 is 14.8. The topological polar surface area (TPSA) is 153 Å². The molecule has 0 atom stereocenters. The number of nitrogens with zero attached hydrogens (tertiary/aromatic N) is 2. The third kappa shape index (κ3) is 7.30. The number of hydrogen-bond donors (Lipinski definition) is 2. The third-order valence-electron chi connectivity index (χ3n) is 7.69. The number of benzene rings is 6. The van der Waals surface area contributed by atoms with Gasteiger partial charge in [-0.1, -0.05) is 60.7 Å². The van der Waals surface area contributed by atoms with Gasteiger partial charge in [-0.2, -0.15) is 0 Å². The summed E-state index contributed by atoms with van der Waals surface area (Å²) in [5, 5.41) is 43.3. The lowest BCUT2D eigenvalue weighted by Crippen LogP contribution is -2.31. The van der Waals surface area contributed by atoms with Crippen LogP contribution in [0.1, 0.15) is 1.43 Å². The number of nitro groups is 2. The minimum Gasteiger partial charge on any atom is -0.455 e. The van der Waals surface area contributed by atoms with E-state index in [0.717, 1.165) is 47.4 Å². The highest BCUT2D eigenvalue weighted by atomic mass is 127. The fourth-order valence-electron chi connectivity index (χ4n) is 5.42. The van der Waals surface area contributed by atoms with Gasteiger partial charge in [0.25, 0.3) is 11.4 Å². The van der Waals surface area contributed by atoms with E-state index in [2.05, 4.69) is 78.7 Å². The Hall–Kier alpha value is -4.61. The molecule has 0 spiro atoms. The number of nitro benzene ring substituents is 2. The van der Waals surface area contributed by atoms with Crippen LogP contribution in [0.4, 0.5) is 11.4 Å². The molecule has 0 saturated heterocycles. The van der Waals surface area contributed by atoms with Crippen LogP contribution < -0.4 is 5.46 Å². The van der Waals surface area contributed by atoms with E-state index >= 15 is 0 Å². The number of fused-ring (bicyclic) bond motifs is 6. The maximum atomic E-state index is 11.2. The summed E-state index contributed by atoms with van der Waals surface area (Å²) in [6.07, 6.45) is 0. The van der Waals surface area contributed by atoms with Gasteiger partial charge >= 0.3 is 7.12 Å². The smallest absolute Gasteiger partial charge is 0.455 e. The molecule has 0 saturated carbocycles. The molecule has 0 amide bonds. The van der Waals surface area contributed by atoms with Gasteiger partial charge in [-0.05, 0) is 109 Å². The van der Waals surface area contributed by atoms with Crippen molar-refractivity contribution in [3.05, 3.63) is 154 Å². The van der Waals surface area contributed by atoms with Gasteiger partial charge < -0.3 is 18.9 Å². The minimum absolute atomic E-state index is 0. The molecule has 0 radical (unpaired) electrons. The fourth-order valence-corrected chi connectivity index (χ4v) is 6.78. The monoisotopic (exact) mass is 908 g/mol. The summed E-state index contributed by atoms with van der Waals surface area (Å²) in [6, 6.07) is 36.1. The molecule has 2 N–H and O–H groups in total. The average molecular weight is 910 g/mol. The minimum atomic E-state index is -1.80. The Labute approximate surface area is 315 Å². The fraction of sp³-hybridized carbons (Fsp3) is 0. The molecule has 0 aliphatic rings. The van der Waals surface area contributed by atoms with E-state index in [9.17, 15) is 20.2 Å². The Balaban J connectivity index is 0.000000157. The lowest BCUT2D eigenvalue weighted by atomic mass is 9.79. The SMILES string of the molecule is Brc1cccc2c1oc1cc(I)ccc12.O=[N+]([O-])c1ccccc1-c1ccc2c(c1)oc1c(Br)cccc12.O=[N+]([O-])c1ccccc1B(O)O.[HH]. The van der Waals surface area contributed by atoms with Gasteiger partial charge in [-0.15, -0.1) is 0 Å². The number of para-hydroxylation sites is 4. The highest BCUT2D eigenvalue weighted by Crippen LogP contribution is 2.37. The van der Waals surface area contributed by atoms with E-state index in [1.807, 2.05) is 48.5 Å². The summed E-state index contributed by atoms with van der Waals surface area (Å²) in [7, 11) is -1.80. The average Bonchev–Trinajstić information content (AvgIpc) is 3.68. The van der Waals surface area contributed by atoms with E-state index < -0.39 is 12.0 Å². The molecule has 2 heterocycles. The number of hydrogen-bond acceptors (Lipinski definition) is 8. The second-order valence-electron chi connectivity index (χ2n) is 10.8. The molecule has 0 aliphatic heterocycles. The lowest BCUT2D eigenvalue weighted by Gasteiger charge is -2.02. The number of rotatable bonds is 4. The highest BCUT2D eigenvalue weighted by molar-refractivity contribution is 14.1. The van der Waals surface area contributed by atoms with Crippen LogP contribution in [0.5, 0.6) is 0 Å². The molecular formula is C36H24BBr2IN2O8. The molecule has 8 aromatic rings. The van der Waals surface area contributed by atoms with Crippen LogP contribution in [-0.2, 0) is 0 Å². The molecule has 2 aromatic heterocycles. The zero-order valence-corrected chi connectivity index (χ0v) is 30.8. The van der Waals surface area contributed by atoms with Crippen LogP contribution in [-0.4, -0.2) is 27.0 Å². The van der Waals surface area contributed by atoms with Gasteiger partial charge in [-0.25, -0.2) is 0 Å². The van der Waals surface area contributed by atoms with E-state index in [4.69, 9.17) is 18.9 Å². The van der Waals surface area contributed by atoms with Gasteiger partial charge in [0.1, 0.15) is 22.3 Å². The van der Waals surface area contributed by atoms with Gasteiger partial charge in [-0.3, -0.25) is 20.2 Å². The Morgan fingerprint density at radius 1 is 0.620 bits per heavy atom. The summed E-state index contributed by atoms with van der Waals surface area (Å²) >= 11 is 9.27. The van der Waals surface area contributed by atoms with Crippen LogP contribution in [0.2, 0.25) is 0 Å². The molecule has 0 aliphatic carbocycles. The molecule has 10 nitrogen and oxygen atoms in total. The van der Waals surface area contributed by atoms with Crippen molar-refractivity contribution in [3.8, 4) is 11.1 Å². The molecule has 14 heteroatoms. The number of halogens is 3. The largest absolute Gasteiger partial charge is 0.495 e. The van der Waals surface area contributed by atoms with Crippen molar-refractivity contribution in [1.82, 2.24) is 0 Å². The van der Waals surface area contributed by atoms with Crippen molar-refractivity contribution in [2.24, 2.45) is 0 Å². The van der Waals surface area contributed by atoms with Crippen molar-refractivity contribution in [3.63, 3.8) is 0 Å². The first-order valence-corrected chi connectivity index (χ1v) is 17.4. The van der Waals surface area contributed by atoms with Gasteiger partial charge in [0.05, 0.1) is 29.8 Å². The van der Waals surface area contributed by atoms with Gasteiger partial charge in [0, 0.05) is 38.7 Å². The lowest BCUT2D eigenvalue weighted by molar-refractivity contribution is -0.384. The predicted molar refractivity (Wildman–Crippen MR) is 213 cm³/mol. The molecular weight excluding hydrogens is 886 g/mol. The molecule has 8 rings (SSSR count). The van der Waals surface area contributed by atoms with Crippen LogP contribution in [0.25, 0.3) is 55.0 Å². The Morgan fingerprint density at radius 2 is 1.14 bits per heavy atom. The molecule has 0 bridgehead atoms. The summed E-state index contributed by atoms with van der Waals surface area (Å²) in [5.74, 6) is 0. The van der Waals surface area contributed by atoms with Crippen molar-refractivity contribution in [2.75, 3.05) is 0 Å². The molecule has 6 aromatic carbocycles. The molecule has 250 valence electrons. The van der Waals surface area contributed by atoms with Crippen LogP contribution in [0.3, 0.4) is 0 Å². The Bertz CT molecular complexity index is 2560. The maximum absolute atomic E-state index is 11.2. The van der Waals surface area contributed by atoms with E-state index in [1.54, 1.807) is 18.2 Å². The number of furan rings is 2. The molecule has 0 fully saturated rings. The second-order valence-corrected chi connectivity index (χ2v) is 13.7. The first-order chi connectivity index (χ1) is 24.0. The first-order valence-electron chi connectivity index (χ1n) is 14.7. The normalized spacial score (nSPS) is 10.8.